The molecule has 106 valence electrons. The molecule has 0 aliphatic heterocycles. The number of benzene rings is 1. The van der Waals surface area contributed by atoms with Gasteiger partial charge in [-0.15, -0.1) is 11.3 Å². The number of aromatic nitrogens is 1. The van der Waals surface area contributed by atoms with Crippen LogP contribution < -0.4 is 11.1 Å². The number of nitrogens with one attached hydrogen (secondary N) is 2. The van der Waals surface area contributed by atoms with Gasteiger partial charge in [0.25, 0.3) is 11.6 Å². The number of hydrogen-bond acceptors (Lipinski definition) is 6. The number of oxazole rings is 1. The van der Waals surface area contributed by atoms with Gasteiger partial charge in [-0.1, -0.05) is 6.07 Å². The van der Waals surface area contributed by atoms with Gasteiger partial charge in [-0.25, -0.2) is 4.79 Å². The van der Waals surface area contributed by atoms with E-state index in [9.17, 15) is 19.7 Å². The molecular weight excluding hydrogens is 298 g/mol. The molecule has 0 bridgehead atoms. The first-order valence-corrected chi connectivity index (χ1v) is 6.58. The van der Waals surface area contributed by atoms with E-state index in [-0.39, 0.29) is 22.5 Å². The number of fused-ring (bicyclic) bond motifs is 1. The van der Waals surface area contributed by atoms with Crippen LogP contribution in [0.25, 0.3) is 11.1 Å². The van der Waals surface area contributed by atoms with Gasteiger partial charge in [0.1, 0.15) is 5.69 Å². The Morgan fingerprint density at radius 1 is 1.43 bits per heavy atom. The molecule has 0 fully saturated rings. The lowest BCUT2D eigenvalue weighted by molar-refractivity contribution is -0.383. The SMILES string of the molecule is O=C(Nc1cc2oc(=O)[nH]c2cc1[N+](=O)[O-])c1cccs1. The molecule has 0 aliphatic rings. The van der Waals surface area contributed by atoms with Crippen LogP contribution in [0.1, 0.15) is 9.67 Å². The molecule has 2 aromatic heterocycles. The van der Waals surface area contributed by atoms with Crippen molar-refractivity contribution < 1.29 is 14.1 Å². The van der Waals surface area contributed by atoms with Crippen LogP contribution in [0.2, 0.25) is 0 Å². The Bertz CT molecular complexity index is 893. The topological polar surface area (TPSA) is 118 Å². The van der Waals surface area contributed by atoms with Crippen LogP contribution in [0.4, 0.5) is 11.4 Å². The van der Waals surface area contributed by atoms with Crippen molar-refractivity contribution in [1.82, 2.24) is 4.98 Å². The van der Waals surface area contributed by atoms with Crippen molar-refractivity contribution in [2.45, 2.75) is 0 Å². The summed E-state index contributed by atoms with van der Waals surface area (Å²) in [6.07, 6.45) is 0. The summed E-state index contributed by atoms with van der Waals surface area (Å²) in [5.74, 6) is -1.19. The Balaban J connectivity index is 2.07. The molecule has 21 heavy (non-hydrogen) atoms. The number of carbonyl (C=O) groups is 1. The Morgan fingerprint density at radius 3 is 2.90 bits per heavy atom. The fourth-order valence-corrected chi connectivity index (χ4v) is 2.45. The van der Waals surface area contributed by atoms with Crippen molar-refractivity contribution in [3.63, 3.8) is 0 Å². The Morgan fingerprint density at radius 2 is 2.24 bits per heavy atom. The second-order valence-corrected chi connectivity index (χ2v) is 5.02. The van der Waals surface area contributed by atoms with Gasteiger partial charge in [0.15, 0.2) is 5.58 Å². The molecular formula is C12H7N3O5S. The van der Waals surface area contributed by atoms with Crippen LogP contribution in [0, 0.1) is 10.1 Å². The van der Waals surface area contributed by atoms with E-state index in [1.807, 2.05) is 0 Å². The van der Waals surface area contributed by atoms with Crippen molar-refractivity contribution in [1.29, 1.82) is 0 Å². The zero-order chi connectivity index (χ0) is 15.0. The maximum Gasteiger partial charge on any atom is 0.417 e. The number of amides is 1. The predicted octanol–water partition coefficient (Wildman–Crippen LogP) is 2.34. The molecule has 0 aliphatic carbocycles. The highest BCUT2D eigenvalue weighted by Gasteiger charge is 2.20. The van der Waals surface area contributed by atoms with Crippen LogP contribution in [0.5, 0.6) is 0 Å². The van der Waals surface area contributed by atoms with Gasteiger partial charge >= 0.3 is 5.76 Å². The zero-order valence-corrected chi connectivity index (χ0v) is 11.1. The summed E-state index contributed by atoms with van der Waals surface area (Å²) in [5, 5.41) is 15.2. The highest BCUT2D eigenvalue weighted by Crippen LogP contribution is 2.29. The molecule has 8 nitrogen and oxygen atoms in total. The van der Waals surface area contributed by atoms with Crippen molar-refractivity contribution >= 4 is 39.7 Å². The molecule has 0 unspecified atom stereocenters. The van der Waals surface area contributed by atoms with E-state index < -0.39 is 16.6 Å². The summed E-state index contributed by atoms with van der Waals surface area (Å²) in [4.78, 5) is 36.3. The lowest BCUT2D eigenvalue weighted by Gasteiger charge is -2.04. The van der Waals surface area contributed by atoms with Crippen molar-refractivity contribution in [2.75, 3.05) is 5.32 Å². The highest BCUT2D eigenvalue weighted by atomic mass is 32.1. The summed E-state index contributed by atoms with van der Waals surface area (Å²) >= 11 is 1.21. The van der Waals surface area contributed by atoms with Crippen LogP contribution >= 0.6 is 11.3 Å². The van der Waals surface area contributed by atoms with E-state index in [2.05, 4.69) is 10.3 Å². The van der Waals surface area contributed by atoms with Gasteiger partial charge in [0.05, 0.1) is 15.3 Å². The molecule has 1 amide bonds. The van der Waals surface area contributed by atoms with Crippen molar-refractivity contribution in [3.8, 4) is 0 Å². The van der Waals surface area contributed by atoms with Crippen molar-refractivity contribution in [2.24, 2.45) is 0 Å². The molecule has 0 atom stereocenters. The molecule has 9 heteroatoms. The summed E-state index contributed by atoms with van der Waals surface area (Å²) in [6.45, 7) is 0. The molecule has 3 aromatic rings. The van der Waals surface area contributed by atoms with E-state index in [1.165, 1.54) is 17.4 Å². The molecule has 3 rings (SSSR count). The number of carbonyl (C=O) groups excluding carboxylic acids is 1. The monoisotopic (exact) mass is 305 g/mol. The highest BCUT2D eigenvalue weighted by molar-refractivity contribution is 7.12. The fraction of sp³-hybridized carbons (Fsp3) is 0. The number of rotatable bonds is 3. The average molecular weight is 305 g/mol. The standard InChI is InChI=1S/C12H7N3O5S/c16-11(10-2-1-3-21-10)13-6-5-9-7(14-12(17)20-9)4-8(6)15(18)19/h1-5H,(H,13,16)(H,14,17). The first kappa shape index (κ1) is 13.1. The molecule has 2 N–H and O–H groups in total. The first-order valence-electron chi connectivity index (χ1n) is 5.71. The minimum Gasteiger partial charge on any atom is -0.408 e. The second-order valence-electron chi connectivity index (χ2n) is 4.07. The van der Waals surface area contributed by atoms with E-state index in [1.54, 1.807) is 17.5 Å². The Kier molecular flexibility index (Phi) is 3.03. The molecule has 0 spiro atoms. The lowest BCUT2D eigenvalue weighted by atomic mass is 10.2. The van der Waals surface area contributed by atoms with Gasteiger partial charge in [-0.2, -0.15) is 0 Å². The smallest absolute Gasteiger partial charge is 0.408 e. The third-order valence-corrected chi connectivity index (χ3v) is 3.60. The lowest BCUT2D eigenvalue weighted by Crippen LogP contribution is -2.11. The molecule has 1 aromatic carbocycles. The average Bonchev–Trinajstić information content (AvgIpc) is 3.05. The quantitative estimate of drug-likeness (QED) is 0.568. The normalized spacial score (nSPS) is 10.7. The number of nitro groups is 1. The fourth-order valence-electron chi connectivity index (χ4n) is 1.83. The largest absolute Gasteiger partial charge is 0.417 e. The van der Waals surface area contributed by atoms with Gasteiger partial charge in [0, 0.05) is 12.1 Å². The zero-order valence-electron chi connectivity index (χ0n) is 10.3. The third kappa shape index (κ3) is 2.41. The van der Waals surface area contributed by atoms with Crippen LogP contribution in [0.3, 0.4) is 0 Å². The second kappa shape index (κ2) is 4.87. The number of nitrogens with zero attached hydrogens (tertiary/aromatic N) is 1. The molecule has 0 saturated carbocycles. The number of thiophene rings is 1. The van der Waals surface area contributed by atoms with E-state index >= 15 is 0 Å². The maximum absolute atomic E-state index is 12.0. The summed E-state index contributed by atoms with van der Waals surface area (Å²) < 4.78 is 4.83. The number of anilines is 1. The predicted molar refractivity (Wildman–Crippen MR) is 75.8 cm³/mol. The number of nitro benzene ring substituents is 1. The number of aromatic amines is 1. The van der Waals surface area contributed by atoms with Crippen LogP contribution in [-0.4, -0.2) is 15.8 Å². The molecule has 0 radical (unpaired) electrons. The van der Waals surface area contributed by atoms with Gasteiger partial charge in [-0.05, 0) is 11.4 Å². The minimum absolute atomic E-state index is 0.0337. The Hall–Kier alpha value is -2.94. The summed E-state index contributed by atoms with van der Waals surface area (Å²) in [6, 6.07) is 5.68. The van der Waals surface area contributed by atoms with E-state index in [0.717, 1.165) is 6.07 Å². The van der Waals surface area contributed by atoms with E-state index in [4.69, 9.17) is 4.42 Å². The van der Waals surface area contributed by atoms with Crippen LogP contribution in [-0.2, 0) is 0 Å². The minimum atomic E-state index is -0.721. The first-order chi connectivity index (χ1) is 10.0. The van der Waals surface area contributed by atoms with Gasteiger partial charge in [-0.3, -0.25) is 19.9 Å². The summed E-state index contributed by atoms with van der Waals surface area (Å²) in [5.41, 5.74) is -0.0361. The van der Waals surface area contributed by atoms with Crippen molar-refractivity contribution in [3.05, 3.63) is 55.2 Å². The number of H-pyrrole nitrogens is 1. The molecule has 2 heterocycles. The Labute approximate surface area is 120 Å². The van der Waals surface area contributed by atoms with Crippen LogP contribution in [0.15, 0.2) is 38.9 Å². The third-order valence-electron chi connectivity index (χ3n) is 2.73. The van der Waals surface area contributed by atoms with E-state index in [0.29, 0.717) is 4.88 Å². The maximum atomic E-state index is 12.0. The number of hydrogen-bond donors (Lipinski definition) is 2. The molecule has 0 saturated heterocycles. The van der Waals surface area contributed by atoms with Gasteiger partial charge < -0.3 is 9.73 Å². The van der Waals surface area contributed by atoms with Gasteiger partial charge in [0.2, 0.25) is 0 Å². The summed E-state index contributed by atoms with van der Waals surface area (Å²) in [7, 11) is 0.